The molecule has 67 heavy (non-hydrogen) atoms. The topological polar surface area (TPSA) is 78.9 Å². The highest BCUT2D eigenvalue weighted by Crippen LogP contribution is 2.18. The van der Waals surface area contributed by atoms with Crippen molar-refractivity contribution in [1.29, 1.82) is 0 Å². The van der Waals surface area contributed by atoms with Crippen LogP contribution in [0.25, 0.3) is 0 Å². The lowest BCUT2D eigenvalue weighted by Gasteiger charge is -2.18. The lowest BCUT2D eigenvalue weighted by atomic mass is 10.0. The van der Waals surface area contributed by atoms with E-state index in [-0.39, 0.29) is 31.1 Å². The Morgan fingerprint density at radius 2 is 0.493 bits per heavy atom. The van der Waals surface area contributed by atoms with Gasteiger partial charge >= 0.3 is 17.9 Å². The van der Waals surface area contributed by atoms with E-state index in [0.717, 1.165) is 69.6 Å². The van der Waals surface area contributed by atoms with Crippen LogP contribution in [0.5, 0.6) is 0 Å². The van der Waals surface area contributed by atoms with E-state index in [0.29, 0.717) is 19.3 Å². The van der Waals surface area contributed by atoms with Crippen molar-refractivity contribution in [2.75, 3.05) is 13.2 Å². The Labute approximate surface area is 418 Å². The second-order valence-electron chi connectivity index (χ2n) is 21.9. The Morgan fingerprint density at radius 3 is 0.731 bits per heavy atom. The number of ether oxygens (including phenoxy) is 3. The van der Waals surface area contributed by atoms with Gasteiger partial charge in [-0.05, 0) is 31.1 Å². The molecule has 0 fully saturated rings. The molecule has 0 aromatic heterocycles. The molecule has 0 saturated heterocycles. The van der Waals surface area contributed by atoms with Gasteiger partial charge < -0.3 is 14.2 Å². The Bertz CT molecular complexity index is 1020. The summed E-state index contributed by atoms with van der Waals surface area (Å²) in [5.74, 6) is 0.850. The summed E-state index contributed by atoms with van der Waals surface area (Å²) < 4.78 is 16.9. The normalized spacial score (nSPS) is 12.0. The van der Waals surface area contributed by atoms with Crippen LogP contribution in [0.3, 0.4) is 0 Å². The summed E-state index contributed by atoms with van der Waals surface area (Å²) in [6.07, 6.45) is 58.1. The van der Waals surface area contributed by atoms with Crippen LogP contribution in [0.15, 0.2) is 0 Å². The molecular weight excluding hydrogens is 829 g/mol. The lowest BCUT2D eigenvalue weighted by molar-refractivity contribution is -0.167. The number of carbonyl (C=O) groups is 3. The molecule has 0 bridgehead atoms. The number of unbranched alkanes of at least 4 members (excludes halogenated alkanes) is 40. The quantitative estimate of drug-likeness (QED) is 0.0343. The summed E-state index contributed by atoms with van der Waals surface area (Å²) in [4.78, 5) is 38.2. The molecule has 0 aliphatic heterocycles. The summed E-state index contributed by atoms with van der Waals surface area (Å²) >= 11 is 0. The van der Waals surface area contributed by atoms with E-state index < -0.39 is 6.10 Å². The third-order valence-corrected chi connectivity index (χ3v) is 14.0. The van der Waals surface area contributed by atoms with E-state index in [1.54, 1.807) is 0 Å². The summed E-state index contributed by atoms with van der Waals surface area (Å²) in [6, 6.07) is 0. The van der Waals surface area contributed by atoms with Crippen molar-refractivity contribution >= 4 is 17.9 Å². The van der Waals surface area contributed by atoms with Gasteiger partial charge in [0.25, 0.3) is 0 Å². The minimum absolute atomic E-state index is 0.0622. The summed E-state index contributed by atoms with van der Waals surface area (Å²) in [7, 11) is 0. The fourth-order valence-electron chi connectivity index (χ4n) is 9.40. The van der Waals surface area contributed by atoms with Crippen LogP contribution in [-0.4, -0.2) is 37.2 Å². The molecule has 0 radical (unpaired) electrons. The van der Waals surface area contributed by atoms with E-state index in [2.05, 4.69) is 34.6 Å². The minimum atomic E-state index is -0.763. The maximum Gasteiger partial charge on any atom is 0.306 e. The molecule has 0 aromatic carbocycles. The molecule has 0 aliphatic carbocycles. The Balaban J connectivity index is 4.29. The highest BCUT2D eigenvalue weighted by molar-refractivity contribution is 5.71. The first-order chi connectivity index (χ1) is 32.7. The first kappa shape index (κ1) is 65.4. The third-order valence-electron chi connectivity index (χ3n) is 14.0. The largest absolute Gasteiger partial charge is 0.462 e. The molecule has 0 amide bonds. The zero-order valence-corrected chi connectivity index (χ0v) is 46.0. The van der Waals surface area contributed by atoms with Gasteiger partial charge in [-0.25, -0.2) is 0 Å². The predicted molar refractivity (Wildman–Crippen MR) is 289 cm³/mol. The number of hydrogen-bond acceptors (Lipinski definition) is 6. The fraction of sp³-hybridized carbons (Fsp3) is 0.951. The second kappa shape index (κ2) is 53.8. The fourth-order valence-corrected chi connectivity index (χ4v) is 9.40. The van der Waals surface area contributed by atoms with Gasteiger partial charge in [-0.15, -0.1) is 0 Å². The van der Waals surface area contributed by atoms with Gasteiger partial charge in [0.1, 0.15) is 13.2 Å². The summed E-state index contributed by atoms with van der Waals surface area (Å²) in [6.45, 7) is 11.4. The van der Waals surface area contributed by atoms with Crippen molar-refractivity contribution in [3.63, 3.8) is 0 Å². The first-order valence-corrected chi connectivity index (χ1v) is 30.2. The number of hydrogen-bond donors (Lipinski definition) is 0. The molecule has 398 valence electrons. The molecule has 0 saturated carbocycles. The average molecular weight is 948 g/mol. The first-order valence-electron chi connectivity index (χ1n) is 30.2. The van der Waals surface area contributed by atoms with Crippen molar-refractivity contribution in [1.82, 2.24) is 0 Å². The molecule has 6 heteroatoms. The van der Waals surface area contributed by atoms with Gasteiger partial charge in [-0.2, -0.15) is 0 Å². The lowest BCUT2D eigenvalue weighted by Crippen LogP contribution is -2.30. The van der Waals surface area contributed by atoms with E-state index in [1.165, 1.54) is 231 Å². The van der Waals surface area contributed by atoms with Gasteiger partial charge in [0, 0.05) is 19.3 Å². The zero-order valence-electron chi connectivity index (χ0n) is 46.0. The maximum absolute atomic E-state index is 12.9. The minimum Gasteiger partial charge on any atom is -0.462 e. The van der Waals surface area contributed by atoms with Crippen LogP contribution in [0.4, 0.5) is 0 Å². The van der Waals surface area contributed by atoms with Crippen molar-refractivity contribution in [3.05, 3.63) is 0 Å². The van der Waals surface area contributed by atoms with Crippen molar-refractivity contribution in [3.8, 4) is 0 Å². The van der Waals surface area contributed by atoms with E-state index in [9.17, 15) is 14.4 Å². The van der Waals surface area contributed by atoms with Crippen molar-refractivity contribution < 1.29 is 28.6 Å². The third kappa shape index (κ3) is 55.2. The van der Waals surface area contributed by atoms with Crippen LogP contribution in [-0.2, 0) is 28.6 Å². The highest BCUT2D eigenvalue weighted by Gasteiger charge is 2.19. The molecule has 1 atom stereocenters. The van der Waals surface area contributed by atoms with Crippen molar-refractivity contribution in [2.45, 2.75) is 349 Å². The van der Waals surface area contributed by atoms with Crippen LogP contribution in [0, 0.1) is 11.8 Å². The molecule has 6 nitrogen and oxygen atoms in total. The highest BCUT2D eigenvalue weighted by atomic mass is 16.6. The molecular formula is C61H118O6. The van der Waals surface area contributed by atoms with Gasteiger partial charge in [-0.1, -0.05) is 304 Å². The zero-order chi connectivity index (χ0) is 48.9. The van der Waals surface area contributed by atoms with Crippen LogP contribution >= 0.6 is 0 Å². The van der Waals surface area contributed by atoms with E-state index in [4.69, 9.17) is 14.2 Å². The van der Waals surface area contributed by atoms with Crippen molar-refractivity contribution in [2.24, 2.45) is 11.8 Å². The van der Waals surface area contributed by atoms with Crippen LogP contribution in [0.1, 0.15) is 343 Å². The molecule has 0 spiro atoms. The standard InChI is InChI=1S/C61H118O6/c1-6-7-8-9-10-11-12-13-16-20-26-31-36-41-46-51-59(62)65-54-58(55-66-60(63)52-47-42-37-32-27-23-22-25-30-35-40-45-50-57(4)5)67-61(64)53-48-43-38-33-28-21-18-15-14-17-19-24-29-34-39-44-49-56(2)3/h56-58H,6-55H2,1-5H3/t58-/m1/s1. The molecule has 0 aliphatic rings. The smallest absolute Gasteiger partial charge is 0.306 e. The van der Waals surface area contributed by atoms with Crippen LogP contribution < -0.4 is 0 Å². The molecule has 0 unspecified atom stereocenters. The monoisotopic (exact) mass is 947 g/mol. The van der Waals surface area contributed by atoms with Gasteiger partial charge in [-0.3, -0.25) is 14.4 Å². The number of esters is 3. The van der Waals surface area contributed by atoms with Gasteiger partial charge in [0.15, 0.2) is 6.10 Å². The number of carbonyl (C=O) groups excluding carboxylic acids is 3. The molecule has 0 N–H and O–H groups in total. The molecule has 0 aromatic rings. The van der Waals surface area contributed by atoms with Gasteiger partial charge in [0.2, 0.25) is 0 Å². The second-order valence-corrected chi connectivity index (χ2v) is 21.9. The number of rotatable bonds is 55. The van der Waals surface area contributed by atoms with E-state index in [1.807, 2.05) is 0 Å². The summed E-state index contributed by atoms with van der Waals surface area (Å²) in [5.41, 5.74) is 0. The summed E-state index contributed by atoms with van der Waals surface area (Å²) in [5, 5.41) is 0. The Kier molecular flexibility index (Phi) is 52.5. The Hall–Kier alpha value is -1.59. The van der Waals surface area contributed by atoms with E-state index >= 15 is 0 Å². The maximum atomic E-state index is 12.9. The van der Waals surface area contributed by atoms with Gasteiger partial charge in [0.05, 0.1) is 0 Å². The average Bonchev–Trinajstić information content (AvgIpc) is 3.30. The Morgan fingerprint density at radius 1 is 0.284 bits per heavy atom. The van der Waals surface area contributed by atoms with Crippen LogP contribution in [0.2, 0.25) is 0 Å². The molecule has 0 heterocycles. The molecule has 0 rings (SSSR count). The SMILES string of the molecule is CCCCCCCCCCCCCCCCCC(=O)OC[C@H](COC(=O)CCCCCCCCCCCCCCC(C)C)OC(=O)CCCCCCCCCCCCCCCCCCC(C)C. The predicted octanol–water partition coefficient (Wildman–Crippen LogP) is 20.0.